The Kier molecular flexibility index (Phi) is 6.01. The minimum absolute atomic E-state index is 0.257. The van der Waals surface area contributed by atoms with Crippen molar-refractivity contribution in [2.75, 3.05) is 37.7 Å². The number of ether oxygens (including phenoxy) is 1. The minimum Gasteiger partial charge on any atom is -0.491 e. The van der Waals surface area contributed by atoms with Gasteiger partial charge in [0.05, 0.1) is 25.9 Å². The topological polar surface area (TPSA) is 48.8 Å². The fraction of sp³-hybridized carbons (Fsp3) is 0.333. The lowest BCUT2D eigenvalue weighted by Gasteiger charge is -2.36. The molecule has 0 spiro atoms. The summed E-state index contributed by atoms with van der Waals surface area (Å²) in [5, 5.41) is 12.2. The lowest BCUT2D eigenvalue weighted by molar-refractivity contribution is 0.0752. The van der Waals surface area contributed by atoms with Crippen LogP contribution in [0, 0.1) is 13.5 Å². The molecule has 28 heavy (non-hydrogen) atoms. The summed E-state index contributed by atoms with van der Waals surface area (Å²) < 4.78 is 6.93. The summed E-state index contributed by atoms with van der Waals surface area (Å²) in [6.45, 7) is 7.40. The van der Waals surface area contributed by atoms with Gasteiger partial charge in [0.1, 0.15) is 18.5 Å². The Labute approximate surface area is 174 Å². The van der Waals surface area contributed by atoms with Crippen molar-refractivity contribution in [3.8, 4) is 5.75 Å². The number of hydrogen-bond acceptors (Lipinski definition) is 6. The lowest BCUT2D eigenvalue weighted by atomic mass is 10.2. The van der Waals surface area contributed by atoms with Gasteiger partial charge < -0.3 is 14.7 Å². The first kappa shape index (κ1) is 19.5. The number of nitrogens with zero attached hydrogens (tertiary/aromatic N) is 3. The highest BCUT2D eigenvalue weighted by atomic mass is 35.5. The first-order chi connectivity index (χ1) is 13.6. The van der Waals surface area contributed by atoms with Crippen LogP contribution in [-0.4, -0.2) is 53.9 Å². The highest BCUT2D eigenvalue weighted by molar-refractivity contribution is 7.18. The number of aromatic nitrogens is 1. The average Bonchev–Trinajstić information content (AvgIpc) is 3.07. The molecule has 0 bridgehead atoms. The normalized spacial score (nSPS) is 16.5. The SMILES string of the molecule is Cc1nc2cc(OC[C@H](O)CN3[CH]CN(c4ccccc4Cl)CC3)ccc2s1. The predicted molar refractivity (Wildman–Crippen MR) is 115 cm³/mol. The molecule has 7 heteroatoms. The van der Waals surface area contributed by atoms with Crippen LogP contribution in [0.15, 0.2) is 42.5 Å². The third-order valence-electron chi connectivity index (χ3n) is 4.76. The van der Waals surface area contributed by atoms with Gasteiger partial charge in [-0.1, -0.05) is 23.7 Å². The molecule has 2 aromatic carbocycles. The molecule has 1 atom stereocenters. The van der Waals surface area contributed by atoms with E-state index in [4.69, 9.17) is 16.3 Å². The lowest BCUT2D eigenvalue weighted by Crippen LogP contribution is -2.46. The van der Waals surface area contributed by atoms with Crippen LogP contribution in [0.5, 0.6) is 5.75 Å². The molecule has 0 unspecified atom stereocenters. The number of piperazine rings is 1. The summed E-state index contributed by atoms with van der Waals surface area (Å²) in [6, 6.07) is 13.8. The van der Waals surface area contributed by atoms with Crippen LogP contribution in [0.1, 0.15) is 5.01 Å². The van der Waals surface area contributed by atoms with Gasteiger partial charge in [0.25, 0.3) is 0 Å². The second-order valence-corrected chi connectivity index (χ2v) is 8.54. The Bertz CT molecular complexity index is 940. The fourth-order valence-corrected chi connectivity index (χ4v) is 4.43. The molecule has 147 valence electrons. The predicted octanol–water partition coefficient (Wildman–Crippen LogP) is 3.98. The van der Waals surface area contributed by atoms with Gasteiger partial charge in [0.2, 0.25) is 0 Å². The smallest absolute Gasteiger partial charge is 0.121 e. The average molecular weight is 417 g/mol. The van der Waals surface area contributed by atoms with E-state index in [0.717, 1.165) is 51.3 Å². The summed E-state index contributed by atoms with van der Waals surface area (Å²) >= 11 is 7.95. The summed E-state index contributed by atoms with van der Waals surface area (Å²) in [4.78, 5) is 8.87. The van der Waals surface area contributed by atoms with Gasteiger partial charge in [-0.15, -0.1) is 11.3 Å². The zero-order valence-electron chi connectivity index (χ0n) is 15.7. The van der Waals surface area contributed by atoms with Crippen LogP contribution >= 0.6 is 22.9 Å². The molecule has 0 aliphatic carbocycles. The Hall–Kier alpha value is -1.86. The summed E-state index contributed by atoms with van der Waals surface area (Å²) in [7, 11) is 0. The first-order valence-electron chi connectivity index (χ1n) is 9.33. The Morgan fingerprint density at radius 1 is 1.25 bits per heavy atom. The largest absolute Gasteiger partial charge is 0.491 e. The zero-order valence-corrected chi connectivity index (χ0v) is 17.3. The van der Waals surface area contributed by atoms with Gasteiger partial charge in [-0.2, -0.15) is 0 Å². The number of anilines is 1. The van der Waals surface area contributed by atoms with Crippen molar-refractivity contribution in [3.63, 3.8) is 0 Å². The van der Waals surface area contributed by atoms with Gasteiger partial charge in [-0.25, -0.2) is 4.98 Å². The van der Waals surface area contributed by atoms with Crippen molar-refractivity contribution in [2.24, 2.45) is 0 Å². The number of fused-ring (bicyclic) bond motifs is 1. The van der Waals surface area contributed by atoms with Crippen molar-refractivity contribution < 1.29 is 9.84 Å². The molecule has 5 nitrogen and oxygen atoms in total. The molecule has 1 N–H and O–H groups in total. The minimum atomic E-state index is -0.559. The van der Waals surface area contributed by atoms with Crippen LogP contribution in [0.2, 0.25) is 5.02 Å². The standard InChI is InChI=1S/C21H23ClN3O2S/c1-15-23-19-12-17(6-7-21(19)28-15)27-14-16(26)13-24-8-10-25(11-9-24)20-5-3-2-4-18(20)22/h2-8,12,16,26H,9-11,13-14H2,1H3/t16-/m1/s1. The van der Waals surface area contributed by atoms with E-state index in [1.807, 2.05) is 49.4 Å². The number of hydrogen-bond donors (Lipinski definition) is 1. The molecule has 1 fully saturated rings. The maximum atomic E-state index is 10.4. The van der Waals surface area contributed by atoms with Crippen LogP contribution < -0.4 is 9.64 Å². The van der Waals surface area contributed by atoms with Crippen molar-refractivity contribution >= 4 is 38.8 Å². The summed E-state index contributed by atoms with van der Waals surface area (Å²) in [5.74, 6) is 0.740. The van der Waals surface area contributed by atoms with Crippen molar-refractivity contribution in [2.45, 2.75) is 13.0 Å². The number of thiazole rings is 1. The van der Waals surface area contributed by atoms with Gasteiger partial charge >= 0.3 is 0 Å². The first-order valence-corrected chi connectivity index (χ1v) is 10.5. The van der Waals surface area contributed by atoms with E-state index in [9.17, 15) is 5.11 Å². The number of para-hydroxylation sites is 1. The Morgan fingerprint density at radius 3 is 2.89 bits per heavy atom. The molecular formula is C21H23ClN3O2S. The number of aliphatic hydroxyl groups excluding tert-OH is 1. The number of aryl methyl sites for hydroxylation is 1. The van der Waals surface area contributed by atoms with Crippen molar-refractivity contribution in [3.05, 3.63) is 59.0 Å². The molecule has 1 aromatic heterocycles. The monoisotopic (exact) mass is 416 g/mol. The van der Waals surface area contributed by atoms with E-state index < -0.39 is 6.10 Å². The summed E-state index contributed by atoms with van der Waals surface area (Å²) in [5.41, 5.74) is 2.00. The molecule has 0 amide bonds. The van der Waals surface area contributed by atoms with E-state index in [1.54, 1.807) is 11.3 Å². The molecule has 1 saturated heterocycles. The molecule has 0 saturated carbocycles. The van der Waals surface area contributed by atoms with Gasteiger partial charge in [0.15, 0.2) is 0 Å². The maximum absolute atomic E-state index is 10.4. The number of aliphatic hydroxyl groups is 1. The number of benzene rings is 2. The molecule has 4 rings (SSSR count). The molecule has 1 radical (unpaired) electrons. The summed E-state index contributed by atoms with van der Waals surface area (Å²) in [6.07, 6.45) is -0.559. The van der Waals surface area contributed by atoms with Crippen molar-refractivity contribution in [1.82, 2.24) is 9.88 Å². The Balaban J connectivity index is 1.25. The maximum Gasteiger partial charge on any atom is 0.121 e. The van der Waals surface area contributed by atoms with E-state index >= 15 is 0 Å². The quantitative estimate of drug-likeness (QED) is 0.658. The van der Waals surface area contributed by atoms with E-state index in [1.165, 1.54) is 0 Å². The zero-order chi connectivity index (χ0) is 19.5. The van der Waals surface area contributed by atoms with Gasteiger partial charge in [-0.05, 0) is 31.2 Å². The fourth-order valence-electron chi connectivity index (χ4n) is 3.37. The van der Waals surface area contributed by atoms with E-state index in [-0.39, 0.29) is 6.61 Å². The van der Waals surface area contributed by atoms with E-state index in [0.29, 0.717) is 6.54 Å². The second-order valence-electron chi connectivity index (χ2n) is 6.90. The Morgan fingerprint density at radius 2 is 2.11 bits per heavy atom. The van der Waals surface area contributed by atoms with Gasteiger partial charge in [-0.3, -0.25) is 4.90 Å². The number of rotatable bonds is 6. The number of β-amino-alcohol motifs (C(OH)–C–C–N with tert-alkyl or cyclic N) is 1. The van der Waals surface area contributed by atoms with E-state index in [2.05, 4.69) is 21.3 Å². The molecule has 1 aliphatic rings. The van der Waals surface area contributed by atoms with Crippen molar-refractivity contribution in [1.29, 1.82) is 0 Å². The molecule has 2 heterocycles. The highest BCUT2D eigenvalue weighted by Gasteiger charge is 2.21. The third-order valence-corrected chi connectivity index (χ3v) is 6.04. The van der Waals surface area contributed by atoms with Crippen LogP contribution in [0.3, 0.4) is 0 Å². The van der Waals surface area contributed by atoms with Crippen LogP contribution in [-0.2, 0) is 0 Å². The van der Waals surface area contributed by atoms with Crippen LogP contribution in [0.25, 0.3) is 10.2 Å². The number of halogens is 1. The highest BCUT2D eigenvalue weighted by Crippen LogP contribution is 2.27. The van der Waals surface area contributed by atoms with Gasteiger partial charge in [0, 0.05) is 38.8 Å². The molecular weight excluding hydrogens is 394 g/mol. The second kappa shape index (κ2) is 8.66. The molecule has 3 aromatic rings. The molecule has 1 aliphatic heterocycles. The van der Waals surface area contributed by atoms with Crippen LogP contribution in [0.4, 0.5) is 5.69 Å². The third kappa shape index (κ3) is 4.58.